The van der Waals surface area contributed by atoms with Crippen LogP contribution in [-0.2, 0) is 11.1 Å². The summed E-state index contributed by atoms with van der Waals surface area (Å²) in [5, 5.41) is 0. The van der Waals surface area contributed by atoms with Gasteiger partial charge in [-0.2, -0.15) is 0 Å². The van der Waals surface area contributed by atoms with Crippen molar-refractivity contribution >= 4 is 11.1 Å². The molecule has 1 rings (SSSR count). The van der Waals surface area contributed by atoms with Gasteiger partial charge in [-0.1, -0.05) is 0 Å². The Morgan fingerprint density at radius 2 is 2.67 bits per heavy atom. The SMILES string of the molecule is CS(=O)Oc1cnc[nH]1. The number of H-pyrrole nitrogens is 1. The number of aromatic amines is 1. The second-order valence-electron chi connectivity index (χ2n) is 1.40. The number of nitrogens with zero attached hydrogens (tertiary/aromatic N) is 1. The van der Waals surface area contributed by atoms with E-state index in [1.165, 1.54) is 18.8 Å². The van der Waals surface area contributed by atoms with E-state index in [0.717, 1.165) is 0 Å². The first-order valence-electron chi connectivity index (χ1n) is 2.29. The summed E-state index contributed by atoms with van der Waals surface area (Å²) in [4.78, 5) is 6.30. The fourth-order valence-electron chi connectivity index (χ4n) is 0.415. The molecule has 9 heavy (non-hydrogen) atoms. The van der Waals surface area contributed by atoms with Crippen LogP contribution in [0.2, 0.25) is 0 Å². The maximum atomic E-state index is 10.4. The van der Waals surface area contributed by atoms with Gasteiger partial charge in [0.25, 0.3) is 0 Å². The van der Waals surface area contributed by atoms with Crippen molar-refractivity contribution in [2.75, 3.05) is 6.26 Å². The molecular weight excluding hydrogens is 140 g/mol. The zero-order valence-corrected chi connectivity index (χ0v) is 5.64. The van der Waals surface area contributed by atoms with E-state index in [9.17, 15) is 4.21 Å². The summed E-state index contributed by atoms with van der Waals surface area (Å²) in [5.41, 5.74) is 0. The molecule has 0 saturated heterocycles. The molecule has 1 N–H and O–H groups in total. The van der Waals surface area contributed by atoms with Gasteiger partial charge >= 0.3 is 0 Å². The molecule has 0 amide bonds. The van der Waals surface area contributed by atoms with Gasteiger partial charge in [0.1, 0.15) is 0 Å². The Morgan fingerprint density at radius 3 is 3.11 bits per heavy atom. The zero-order valence-electron chi connectivity index (χ0n) is 4.83. The Morgan fingerprint density at radius 1 is 1.89 bits per heavy atom. The van der Waals surface area contributed by atoms with Crippen molar-refractivity contribution in [1.29, 1.82) is 0 Å². The number of nitrogens with one attached hydrogen (secondary N) is 1. The van der Waals surface area contributed by atoms with Crippen molar-refractivity contribution in [3.8, 4) is 5.88 Å². The molecule has 1 aromatic rings. The van der Waals surface area contributed by atoms with Gasteiger partial charge in [-0.3, -0.25) is 0 Å². The molecule has 50 valence electrons. The molecule has 1 unspecified atom stereocenters. The van der Waals surface area contributed by atoms with Crippen LogP contribution in [0.4, 0.5) is 0 Å². The van der Waals surface area contributed by atoms with Crippen LogP contribution in [0.15, 0.2) is 12.5 Å². The molecule has 1 aromatic heterocycles. The van der Waals surface area contributed by atoms with Gasteiger partial charge in [-0.15, -0.1) is 0 Å². The number of imidazole rings is 1. The smallest absolute Gasteiger partial charge is 0.228 e. The predicted molar refractivity (Wildman–Crippen MR) is 33.3 cm³/mol. The van der Waals surface area contributed by atoms with Crippen molar-refractivity contribution < 1.29 is 8.39 Å². The van der Waals surface area contributed by atoms with Gasteiger partial charge in [0.2, 0.25) is 17.0 Å². The zero-order chi connectivity index (χ0) is 6.69. The van der Waals surface area contributed by atoms with Crippen LogP contribution in [0.25, 0.3) is 0 Å². The molecule has 0 fully saturated rings. The third kappa shape index (κ3) is 1.85. The second-order valence-corrected chi connectivity index (χ2v) is 2.37. The molecule has 0 saturated carbocycles. The van der Waals surface area contributed by atoms with Crippen LogP contribution in [-0.4, -0.2) is 20.4 Å². The van der Waals surface area contributed by atoms with E-state index >= 15 is 0 Å². The summed E-state index contributed by atoms with van der Waals surface area (Å²) in [6.07, 6.45) is 4.37. The highest BCUT2D eigenvalue weighted by Gasteiger charge is 1.93. The molecule has 5 heteroatoms. The van der Waals surface area contributed by atoms with E-state index in [0.29, 0.717) is 5.88 Å². The Bertz CT molecular complexity index is 196. The lowest BCUT2D eigenvalue weighted by atomic mass is 10.9. The quantitative estimate of drug-likeness (QED) is 0.643. The lowest BCUT2D eigenvalue weighted by Crippen LogP contribution is -1.95. The number of rotatable bonds is 2. The molecule has 0 aliphatic heterocycles. The van der Waals surface area contributed by atoms with Crippen molar-refractivity contribution in [2.24, 2.45) is 0 Å². The van der Waals surface area contributed by atoms with Gasteiger partial charge in [0.05, 0.1) is 12.5 Å². The molecule has 0 bridgehead atoms. The van der Waals surface area contributed by atoms with Crippen LogP contribution in [0.1, 0.15) is 0 Å². The number of hydrogen-bond acceptors (Lipinski definition) is 3. The Kier molecular flexibility index (Phi) is 1.84. The third-order valence-electron chi connectivity index (χ3n) is 0.680. The van der Waals surface area contributed by atoms with E-state index < -0.39 is 11.1 Å². The highest BCUT2D eigenvalue weighted by molar-refractivity contribution is 7.79. The largest absolute Gasteiger partial charge is 0.380 e. The van der Waals surface area contributed by atoms with Crippen molar-refractivity contribution in [2.45, 2.75) is 0 Å². The van der Waals surface area contributed by atoms with Crippen molar-refractivity contribution in [1.82, 2.24) is 9.97 Å². The lowest BCUT2D eigenvalue weighted by Gasteiger charge is -1.92. The van der Waals surface area contributed by atoms with Gasteiger partial charge in [0.15, 0.2) is 0 Å². The monoisotopic (exact) mass is 146 g/mol. The Hall–Kier alpha value is -0.840. The van der Waals surface area contributed by atoms with Gasteiger partial charge in [-0.05, 0) is 0 Å². The first kappa shape index (κ1) is 6.28. The van der Waals surface area contributed by atoms with E-state index in [-0.39, 0.29) is 0 Å². The predicted octanol–water partition coefficient (Wildman–Crippen LogP) is 0.0820. The standard InChI is InChI=1S/C4H6N2O2S/c1-9(7)8-4-2-5-3-6-4/h2-3H,1H3,(H,5,6). The van der Waals surface area contributed by atoms with Gasteiger partial charge in [-0.25, -0.2) is 9.19 Å². The molecule has 0 aliphatic carbocycles. The fourth-order valence-corrected chi connectivity index (χ4v) is 0.759. The highest BCUT2D eigenvalue weighted by Crippen LogP contribution is 2.01. The lowest BCUT2D eigenvalue weighted by molar-refractivity contribution is 0.554. The molecular formula is C4H6N2O2S. The molecule has 0 spiro atoms. The summed E-state index contributed by atoms with van der Waals surface area (Å²) < 4.78 is 15.1. The molecule has 1 atom stereocenters. The Balaban J connectivity index is 2.58. The first-order valence-corrected chi connectivity index (χ1v) is 3.77. The minimum Gasteiger partial charge on any atom is -0.380 e. The van der Waals surface area contributed by atoms with Crippen LogP contribution in [0, 0.1) is 0 Å². The fraction of sp³-hybridized carbons (Fsp3) is 0.250. The van der Waals surface area contributed by atoms with E-state index in [2.05, 4.69) is 9.97 Å². The average molecular weight is 146 g/mol. The molecule has 0 aromatic carbocycles. The number of hydrogen-bond donors (Lipinski definition) is 1. The first-order chi connectivity index (χ1) is 4.29. The van der Waals surface area contributed by atoms with Crippen LogP contribution in [0.3, 0.4) is 0 Å². The maximum Gasteiger partial charge on any atom is 0.228 e. The average Bonchev–Trinajstić information content (AvgIpc) is 2.15. The van der Waals surface area contributed by atoms with Crippen LogP contribution < -0.4 is 4.18 Å². The number of aromatic nitrogens is 2. The third-order valence-corrected chi connectivity index (χ3v) is 1.09. The minimum atomic E-state index is -1.27. The summed E-state index contributed by atoms with van der Waals surface area (Å²) in [6, 6.07) is 0. The second kappa shape index (κ2) is 2.63. The Labute approximate surface area is 54.9 Å². The molecule has 0 aliphatic rings. The molecule has 1 heterocycles. The van der Waals surface area contributed by atoms with E-state index in [1.54, 1.807) is 0 Å². The topological polar surface area (TPSA) is 55.0 Å². The molecule has 0 radical (unpaired) electrons. The summed E-state index contributed by atoms with van der Waals surface area (Å²) in [7, 11) is 0. The normalized spacial score (nSPS) is 13.0. The minimum absolute atomic E-state index is 0.427. The van der Waals surface area contributed by atoms with Crippen LogP contribution >= 0.6 is 0 Å². The highest BCUT2D eigenvalue weighted by atomic mass is 32.2. The van der Waals surface area contributed by atoms with Crippen molar-refractivity contribution in [3.05, 3.63) is 12.5 Å². The van der Waals surface area contributed by atoms with E-state index in [4.69, 9.17) is 4.18 Å². The van der Waals surface area contributed by atoms with Gasteiger partial charge < -0.3 is 9.17 Å². The summed E-state index contributed by atoms with van der Waals surface area (Å²) in [5.74, 6) is 0.427. The summed E-state index contributed by atoms with van der Waals surface area (Å²) >= 11 is -1.27. The van der Waals surface area contributed by atoms with Gasteiger partial charge in [0, 0.05) is 6.26 Å². The van der Waals surface area contributed by atoms with E-state index in [1.807, 2.05) is 0 Å². The maximum absolute atomic E-state index is 10.4. The van der Waals surface area contributed by atoms with Crippen molar-refractivity contribution in [3.63, 3.8) is 0 Å². The van der Waals surface area contributed by atoms with Crippen LogP contribution in [0.5, 0.6) is 5.88 Å². The molecule has 4 nitrogen and oxygen atoms in total. The summed E-state index contributed by atoms with van der Waals surface area (Å²) in [6.45, 7) is 0.